The molecule has 5 nitrogen and oxygen atoms in total. The van der Waals surface area contributed by atoms with Crippen molar-refractivity contribution in [3.8, 4) is 0 Å². The fraction of sp³-hybridized carbons (Fsp3) is 0.600. The SMILES string of the molecule is Cl.O=C1CC(c2ccccc2)N(C(=O)CC2CC3CCC(C2)N3)CCN1. The van der Waals surface area contributed by atoms with E-state index in [2.05, 4.69) is 10.6 Å². The van der Waals surface area contributed by atoms with Gasteiger partial charge in [-0.3, -0.25) is 9.59 Å². The van der Waals surface area contributed by atoms with E-state index in [1.807, 2.05) is 35.2 Å². The van der Waals surface area contributed by atoms with Gasteiger partial charge in [-0.05, 0) is 37.2 Å². The Kier molecular flexibility index (Phi) is 6.20. The summed E-state index contributed by atoms with van der Waals surface area (Å²) < 4.78 is 0. The lowest BCUT2D eigenvalue weighted by Gasteiger charge is -2.33. The Hall–Kier alpha value is -1.59. The molecule has 4 rings (SSSR count). The van der Waals surface area contributed by atoms with E-state index in [9.17, 15) is 9.59 Å². The Labute approximate surface area is 161 Å². The zero-order valence-corrected chi connectivity index (χ0v) is 15.8. The monoisotopic (exact) mass is 377 g/mol. The van der Waals surface area contributed by atoms with Crippen molar-refractivity contribution in [1.29, 1.82) is 0 Å². The maximum absolute atomic E-state index is 13.1. The Morgan fingerprint density at radius 1 is 1.12 bits per heavy atom. The first kappa shape index (κ1) is 19.2. The summed E-state index contributed by atoms with van der Waals surface area (Å²) in [4.78, 5) is 27.1. The molecule has 0 aromatic heterocycles. The van der Waals surface area contributed by atoms with Crippen LogP contribution in [0.3, 0.4) is 0 Å². The van der Waals surface area contributed by atoms with Crippen molar-refractivity contribution in [2.75, 3.05) is 13.1 Å². The van der Waals surface area contributed by atoms with Gasteiger partial charge in [-0.2, -0.15) is 0 Å². The summed E-state index contributed by atoms with van der Waals surface area (Å²) in [6.45, 7) is 1.15. The van der Waals surface area contributed by atoms with E-state index in [1.54, 1.807) is 0 Å². The van der Waals surface area contributed by atoms with Crippen LogP contribution < -0.4 is 10.6 Å². The number of fused-ring (bicyclic) bond motifs is 2. The highest BCUT2D eigenvalue weighted by Gasteiger charge is 2.36. The number of piperidine rings is 1. The summed E-state index contributed by atoms with van der Waals surface area (Å²) in [5.74, 6) is 0.718. The van der Waals surface area contributed by atoms with E-state index in [0.717, 1.165) is 18.4 Å². The molecule has 3 aliphatic heterocycles. The fourth-order valence-corrected chi connectivity index (χ4v) is 4.81. The average Bonchev–Trinajstić information content (AvgIpc) is 2.84. The third kappa shape index (κ3) is 4.21. The van der Waals surface area contributed by atoms with Gasteiger partial charge < -0.3 is 15.5 Å². The van der Waals surface area contributed by atoms with Gasteiger partial charge in [0.15, 0.2) is 0 Å². The highest BCUT2D eigenvalue weighted by molar-refractivity contribution is 5.85. The second-order valence-electron chi connectivity index (χ2n) is 7.75. The van der Waals surface area contributed by atoms with Gasteiger partial charge in [0, 0.05) is 31.6 Å². The fourth-order valence-electron chi connectivity index (χ4n) is 4.81. The summed E-state index contributed by atoms with van der Waals surface area (Å²) in [5, 5.41) is 6.56. The molecule has 6 heteroatoms. The van der Waals surface area contributed by atoms with Crippen LogP contribution in [-0.4, -0.2) is 41.9 Å². The second kappa shape index (κ2) is 8.40. The summed E-state index contributed by atoms with van der Waals surface area (Å²) in [6, 6.07) is 11.0. The van der Waals surface area contributed by atoms with E-state index in [1.165, 1.54) is 12.8 Å². The van der Waals surface area contributed by atoms with Gasteiger partial charge >= 0.3 is 0 Å². The Morgan fingerprint density at radius 3 is 2.50 bits per heavy atom. The topological polar surface area (TPSA) is 61.4 Å². The Morgan fingerprint density at radius 2 is 1.81 bits per heavy atom. The number of rotatable bonds is 3. The van der Waals surface area contributed by atoms with E-state index in [-0.39, 0.29) is 30.3 Å². The number of halogens is 1. The minimum atomic E-state index is -0.144. The lowest BCUT2D eigenvalue weighted by molar-refractivity contribution is -0.135. The van der Waals surface area contributed by atoms with Crippen molar-refractivity contribution in [2.45, 2.75) is 56.7 Å². The molecule has 0 radical (unpaired) electrons. The van der Waals surface area contributed by atoms with Gasteiger partial charge in [0.2, 0.25) is 11.8 Å². The van der Waals surface area contributed by atoms with Crippen molar-refractivity contribution in [2.24, 2.45) is 5.92 Å². The largest absolute Gasteiger partial charge is 0.354 e. The molecule has 0 saturated carbocycles. The predicted octanol–water partition coefficient (Wildman–Crippen LogP) is 2.42. The van der Waals surface area contributed by atoms with Crippen LogP contribution >= 0.6 is 12.4 Å². The van der Waals surface area contributed by atoms with Crippen LogP contribution in [0.4, 0.5) is 0 Å². The average molecular weight is 378 g/mol. The molecule has 1 aromatic carbocycles. The zero-order chi connectivity index (χ0) is 17.2. The summed E-state index contributed by atoms with van der Waals surface area (Å²) >= 11 is 0. The molecule has 3 atom stereocenters. The first-order valence-electron chi connectivity index (χ1n) is 9.56. The van der Waals surface area contributed by atoms with Crippen molar-refractivity contribution in [3.05, 3.63) is 35.9 Å². The molecule has 0 aliphatic carbocycles. The molecule has 3 saturated heterocycles. The number of carbonyl (C=O) groups excluding carboxylic acids is 2. The van der Waals surface area contributed by atoms with E-state index >= 15 is 0 Å². The summed E-state index contributed by atoms with van der Waals surface area (Å²) in [6.07, 6.45) is 5.71. The molecule has 142 valence electrons. The Balaban J connectivity index is 0.00000196. The van der Waals surface area contributed by atoms with Crippen LogP contribution in [0.1, 0.15) is 50.1 Å². The van der Waals surface area contributed by atoms with Gasteiger partial charge in [-0.25, -0.2) is 0 Å². The van der Waals surface area contributed by atoms with E-state index in [0.29, 0.717) is 43.9 Å². The maximum Gasteiger partial charge on any atom is 0.223 e. The number of carbonyl (C=O) groups is 2. The third-order valence-electron chi connectivity index (χ3n) is 5.97. The van der Waals surface area contributed by atoms with Crippen molar-refractivity contribution >= 4 is 24.2 Å². The highest BCUT2D eigenvalue weighted by Crippen LogP contribution is 2.34. The van der Waals surface area contributed by atoms with Crippen molar-refractivity contribution in [3.63, 3.8) is 0 Å². The smallest absolute Gasteiger partial charge is 0.223 e. The quantitative estimate of drug-likeness (QED) is 0.850. The summed E-state index contributed by atoms with van der Waals surface area (Å²) in [7, 11) is 0. The van der Waals surface area contributed by atoms with Gasteiger partial charge in [0.1, 0.15) is 0 Å². The lowest BCUT2D eigenvalue weighted by Crippen LogP contribution is -2.42. The number of nitrogens with one attached hydrogen (secondary N) is 2. The second-order valence-corrected chi connectivity index (χ2v) is 7.75. The molecule has 3 unspecified atom stereocenters. The molecule has 3 fully saturated rings. The van der Waals surface area contributed by atoms with Gasteiger partial charge in [0.05, 0.1) is 12.5 Å². The summed E-state index contributed by atoms with van der Waals surface area (Å²) in [5.41, 5.74) is 1.05. The van der Waals surface area contributed by atoms with Crippen LogP contribution in [0.2, 0.25) is 0 Å². The van der Waals surface area contributed by atoms with Gasteiger partial charge in [0.25, 0.3) is 0 Å². The normalized spacial score (nSPS) is 30.9. The minimum absolute atomic E-state index is 0. The van der Waals surface area contributed by atoms with Crippen LogP contribution in [0.5, 0.6) is 0 Å². The lowest BCUT2D eigenvalue weighted by atomic mass is 9.89. The minimum Gasteiger partial charge on any atom is -0.354 e. The number of amides is 2. The van der Waals surface area contributed by atoms with Crippen LogP contribution in [0.15, 0.2) is 30.3 Å². The zero-order valence-electron chi connectivity index (χ0n) is 15.0. The standard InChI is InChI=1S/C20H27N3O2.ClH/c24-19-13-18(15-4-2-1-3-5-15)23(9-8-21-19)20(25)12-14-10-16-6-7-17(11-14)22-16;/h1-5,14,16-18,22H,6-13H2,(H,21,24);1H. The molecular weight excluding hydrogens is 350 g/mol. The Bertz CT molecular complexity index is 627. The van der Waals surface area contributed by atoms with E-state index < -0.39 is 0 Å². The van der Waals surface area contributed by atoms with Crippen molar-refractivity contribution in [1.82, 2.24) is 15.5 Å². The number of hydrogen-bond acceptors (Lipinski definition) is 3. The van der Waals surface area contributed by atoms with Crippen LogP contribution in [-0.2, 0) is 9.59 Å². The third-order valence-corrected chi connectivity index (χ3v) is 5.97. The van der Waals surface area contributed by atoms with Gasteiger partial charge in [-0.1, -0.05) is 30.3 Å². The highest BCUT2D eigenvalue weighted by atomic mass is 35.5. The van der Waals surface area contributed by atoms with Crippen LogP contribution in [0, 0.1) is 5.92 Å². The number of hydrogen-bond donors (Lipinski definition) is 2. The van der Waals surface area contributed by atoms with Crippen LogP contribution in [0.25, 0.3) is 0 Å². The molecule has 2 amide bonds. The molecule has 2 bridgehead atoms. The van der Waals surface area contributed by atoms with E-state index in [4.69, 9.17) is 0 Å². The molecule has 3 aliphatic rings. The molecule has 0 spiro atoms. The molecule has 3 heterocycles. The van der Waals surface area contributed by atoms with Gasteiger partial charge in [-0.15, -0.1) is 12.4 Å². The molecular formula is C20H28ClN3O2. The number of nitrogens with zero attached hydrogens (tertiary/aromatic N) is 1. The predicted molar refractivity (Wildman–Crippen MR) is 103 cm³/mol. The molecule has 26 heavy (non-hydrogen) atoms. The first-order chi connectivity index (χ1) is 12.2. The molecule has 2 N–H and O–H groups in total. The molecule has 1 aromatic rings. The maximum atomic E-state index is 13.1. The van der Waals surface area contributed by atoms with Crippen molar-refractivity contribution < 1.29 is 9.59 Å². The number of benzene rings is 1. The first-order valence-corrected chi connectivity index (χ1v) is 9.56.